The molecule has 12 heteroatoms. The number of fused-ring (bicyclic) bond motifs is 3. The molecule has 0 aliphatic carbocycles. The fourth-order valence-electron chi connectivity index (χ4n) is 4.98. The number of halogens is 2. The van der Waals surface area contributed by atoms with Crippen molar-refractivity contribution in [2.75, 3.05) is 24.1 Å². The lowest BCUT2D eigenvalue weighted by Crippen LogP contribution is -2.53. The van der Waals surface area contributed by atoms with Crippen LogP contribution in [0.1, 0.15) is 34.3 Å². The lowest BCUT2D eigenvalue weighted by molar-refractivity contribution is -0.0418. The van der Waals surface area contributed by atoms with E-state index in [1.807, 2.05) is 12.1 Å². The van der Waals surface area contributed by atoms with Crippen LogP contribution < -0.4 is 11.1 Å². The molecule has 36 heavy (non-hydrogen) atoms. The van der Waals surface area contributed by atoms with Crippen LogP contribution in [0.3, 0.4) is 0 Å². The van der Waals surface area contributed by atoms with Crippen molar-refractivity contribution < 1.29 is 23.2 Å². The van der Waals surface area contributed by atoms with Crippen molar-refractivity contribution in [1.82, 2.24) is 19.8 Å². The highest BCUT2D eigenvalue weighted by Crippen LogP contribution is 2.45. The first-order valence-electron chi connectivity index (χ1n) is 11.3. The molecular weight excluding hydrogens is 491 g/mol. The van der Waals surface area contributed by atoms with Gasteiger partial charge in [-0.05, 0) is 42.7 Å². The number of anilines is 2. The van der Waals surface area contributed by atoms with Gasteiger partial charge in [0.1, 0.15) is 0 Å². The third-order valence-electron chi connectivity index (χ3n) is 6.60. The summed E-state index contributed by atoms with van der Waals surface area (Å²) in [4.78, 5) is 27.2. The molecule has 2 aliphatic rings. The molecule has 1 spiro atoms. The largest absolute Gasteiger partial charge is 0.436 e. The quantitative estimate of drug-likeness (QED) is 0.424. The summed E-state index contributed by atoms with van der Waals surface area (Å²) in [7, 11) is 0. The molecule has 2 aliphatic heterocycles. The van der Waals surface area contributed by atoms with Gasteiger partial charge in [0.2, 0.25) is 0 Å². The van der Waals surface area contributed by atoms with Crippen molar-refractivity contribution >= 4 is 46.1 Å². The number of carbonyl (C=O) groups excluding carboxylic acids is 2. The van der Waals surface area contributed by atoms with E-state index in [1.165, 1.54) is 18.3 Å². The first-order chi connectivity index (χ1) is 17.3. The summed E-state index contributed by atoms with van der Waals surface area (Å²) in [6.07, 6.45) is 3.30. The number of carbonyl (C=O) groups is 2. The van der Waals surface area contributed by atoms with Gasteiger partial charge >= 0.3 is 6.09 Å². The molecule has 2 aromatic heterocycles. The maximum absolute atomic E-state index is 15.1. The standard InChI is InChI=1S/C24H20ClFN6O4/c25-16-3-4-17-19(20(16)26)24(35-23(34)29-17)6-1-7-31(12-24)22(33)14-9-28-32(11-14)10-13-2-5-18-15(8-13)21(27)30-36-18/h2-5,8-9,11H,1,6-7,10,12H2,(H2,27,30)(H,29,34)/t24-/m0/s1. The Morgan fingerprint density at radius 2 is 2.17 bits per heavy atom. The highest BCUT2D eigenvalue weighted by Gasteiger charge is 2.48. The SMILES string of the molecule is Nc1noc2ccc(Cn3cc(C(=O)N4CCC[C@@]5(C4)OC(=O)Nc4ccc(Cl)c(F)c45)cn3)cc12. The summed E-state index contributed by atoms with van der Waals surface area (Å²) in [5.74, 6) is -0.653. The topological polar surface area (TPSA) is 129 Å². The minimum atomic E-state index is -1.33. The summed E-state index contributed by atoms with van der Waals surface area (Å²) in [5.41, 5.74) is 6.82. The molecule has 6 rings (SSSR count). The van der Waals surface area contributed by atoms with Gasteiger partial charge in [0.15, 0.2) is 22.8 Å². The first-order valence-corrected chi connectivity index (χ1v) is 11.6. The number of nitrogens with zero attached hydrogens (tertiary/aromatic N) is 4. The van der Waals surface area contributed by atoms with Crippen molar-refractivity contribution in [3.63, 3.8) is 0 Å². The Morgan fingerprint density at radius 3 is 3.03 bits per heavy atom. The Hall–Kier alpha value is -4.12. The third-order valence-corrected chi connectivity index (χ3v) is 6.90. The predicted octanol–water partition coefficient (Wildman–Crippen LogP) is 4.14. The Kier molecular flexibility index (Phi) is 5.11. The number of benzene rings is 2. The van der Waals surface area contributed by atoms with Gasteiger partial charge in [-0.2, -0.15) is 5.10 Å². The van der Waals surface area contributed by atoms with Gasteiger partial charge in [-0.25, -0.2) is 9.18 Å². The smallest absolute Gasteiger partial charge is 0.412 e. The average Bonchev–Trinajstić information content (AvgIpc) is 3.47. The van der Waals surface area contributed by atoms with Crippen LogP contribution in [0, 0.1) is 5.82 Å². The van der Waals surface area contributed by atoms with Crippen molar-refractivity contribution in [3.05, 3.63) is 70.3 Å². The molecule has 0 bridgehead atoms. The zero-order chi connectivity index (χ0) is 25.0. The molecule has 3 N–H and O–H groups in total. The fraction of sp³-hybridized carbons (Fsp3) is 0.250. The van der Waals surface area contributed by atoms with E-state index in [4.69, 9.17) is 26.6 Å². The van der Waals surface area contributed by atoms with E-state index >= 15 is 4.39 Å². The molecule has 4 heterocycles. The van der Waals surface area contributed by atoms with Crippen molar-refractivity contribution in [2.24, 2.45) is 0 Å². The molecule has 1 saturated heterocycles. The highest BCUT2D eigenvalue weighted by atomic mass is 35.5. The van der Waals surface area contributed by atoms with Gasteiger partial charge in [0, 0.05) is 12.7 Å². The van der Waals surface area contributed by atoms with E-state index in [1.54, 1.807) is 21.8 Å². The van der Waals surface area contributed by atoms with Crippen molar-refractivity contribution in [1.29, 1.82) is 0 Å². The fourth-order valence-corrected chi connectivity index (χ4v) is 5.14. The Labute approximate surface area is 208 Å². The number of nitrogen functional groups attached to an aromatic ring is 1. The van der Waals surface area contributed by atoms with Crippen LogP contribution in [0.2, 0.25) is 5.02 Å². The second-order valence-electron chi connectivity index (χ2n) is 8.95. The number of piperidine rings is 1. The van der Waals surface area contributed by atoms with Gasteiger partial charge in [0.25, 0.3) is 5.91 Å². The van der Waals surface area contributed by atoms with Gasteiger partial charge in [0.05, 0.1) is 46.5 Å². The molecule has 10 nitrogen and oxygen atoms in total. The number of likely N-dealkylation sites (tertiary alicyclic amines) is 1. The zero-order valence-corrected chi connectivity index (χ0v) is 19.6. The van der Waals surface area contributed by atoms with Crippen LogP contribution in [0.15, 0.2) is 47.2 Å². The normalized spacial score (nSPS) is 19.3. The lowest BCUT2D eigenvalue weighted by atomic mass is 9.83. The molecule has 0 radical (unpaired) electrons. The van der Waals surface area contributed by atoms with Gasteiger partial charge in [-0.15, -0.1) is 0 Å². The van der Waals surface area contributed by atoms with Crippen LogP contribution in [-0.2, 0) is 16.9 Å². The number of hydrogen-bond donors (Lipinski definition) is 2. The summed E-state index contributed by atoms with van der Waals surface area (Å²) >= 11 is 6.03. The summed E-state index contributed by atoms with van der Waals surface area (Å²) in [6.45, 7) is 0.827. The summed E-state index contributed by atoms with van der Waals surface area (Å²) in [6, 6.07) is 8.43. The van der Waals surface area contributed by atoms with Crippen LogP contribution in [-0.4, -0.2) is 44.9 Å². The number of rotatable bonds is 3. The van der Waals surface area contributed by atoms with Crippen LogP contribution in [0.4, 0.5) is 20.7 Å². The number of nitrogens with two attached hydrogens (primary N) is 1. The van der Waals surface area contributed by atoms with E-state index in [9.17, 15) is 9.59 Å². The van der Waals surface area contributed by atoms with E-state index in [0.29, 0.717) is 54.0 Å². The van der Waals surface area contributed by atoms with E-state index < -0.39 is 17.5 Å². The average molecular weight is 511 g/mol. The van der Waals surface area contributed by atoms with Crippen molar-refractivity contribution in [2.45, 2.75) is 25.0 Å². The van der Waals surface area contributed by atoms with E-state index in [-0.39, 0.29) is 23.0 Å². The Bertz CT molecular complexity index is 1530. The minimum absolute atomic E-state index is 0.00186. The van der Waals surface area contributed by atoms with E-state index in [0.717, 1.165) is 5.56 Å². The van der Waals surface area contributed by atoms with Crippen LogP contribution >= 0.6 is 11.6 Å². The molecule has 184 valence electrons. The number of ether oxygens (including phenoxy) is 1. The third kappa shape index (κ3) is 3.63. The number of hydrogen-bond acceptors (Lipinski definition) is 7. The Morgan fingerprint density at radius 1 is 1.31 bits per heavy atom. The number of aromatic nitrogens is 3. The molecule has 1 atom stereocenters. The number of nitrogens with one attached hydrogen (secondary N) is 1. The Balaban J connectivity index is 1.25. The summed E-state index contributed by atoms with van der Waals surface area (Å²) < 4.78 is 27.5. The van der Waals surface area contributed by atoms with Gasteiger partial charge < -0.3 is 19.9 Å². The van der Waals surface area contributed by atoms with Gasteiger partial charge in [-0.3, -0.25) is 14.8 Å². The van der Waals surface area contributed by atoms with Gasteiger partial charge in [-0.1, -0.05) is 22.8 Å². The molecular formula is C24H20ClFN6O4. The molecule has 2 amide bonds. The molecule has 0 saturated carbocycles. The molecule has 2 aromatic carbocycles. The minimum Gasteiger partial charge on any atom is -0.436 e. The summed E-state index contributed by atoms with van der Waals surface area (Å²) in [5, 5.41) is 11.2. The highest BCUT2D eigenvalue weighted by molar-refractivity contribution is 6.31. The van der Waals surface area contributed by atoms with Crippen LogP contribution in [0.5, 0.6) is 0 Å². The maximum Gasteiger partial charge on any atom is 0.412 e. The monoisotopic (exact) mass is 510 g/mol. The van der Waals surface area contributed by atoms with Crippen molar-refractivity contribution in [3.8, 4) is 0 Å². The molecule has 1 fully saturated rings. The van der Waals surface area contributed by atoms with Crippen LogP contribution in [0.25, 0.3) is 11.0 Å². The first kappa shape index (κ1) is 22.4. The number of amides is 2. The van der Waals surface area contributed by atoms with E-state index in [2.05, 4.69) is 15.6 Å². The zero-order valence-electron chi connectivity index (χ0n) is 18.8. The second kappa shape index (κ2) is 8.23. The predicted molar refractivity (Wildman–Crippen MR) is 128 cm³/mol. The molecule has 4 aromatic rings. The second-order valence-corrected chi connectivity index (χ2v) is 9.36. The lowest BCUT2D eigenvalue weighted by Gasteiger charge is -2.45. The molecule has 0 unspecified atom stereocenters. The maximum atomic E-state index is 15.1.